The zero-order chi connectivity index (χ0) is 37.6. The lowest BCUT2D eigenvalue weighted by Crippen LogP contribution is -2.32. The first-order valence-corrected chi connectivity index (χ1v) is 16.8. The van der Waals surface area contributed by atoms with Gasteiger partial charge < -0.3 is 50.7 Å². The molecule has 1 aliphatic heterocycles. The van der Waals surface area contributed by atoms with Crippen molar-refractivity contribution >= 4 is 11.6 Å². The van der Waals surface area contributed by atoms with E-state index in [0.29, 0.717) is 19.3 Å². The minimum Gasteiger partial charge on any atom is -0.508 e. The Morgan fingerprint density at radius 1 is 0.769 bits per heavy atom. The van der Waals surface area contributed by atoms with Crippen LogP contribution in [0.1, 0.15) is 101 Å². The molecule has 9 N–H and O–H groups in total. The molecule has 0 spiro atoms. The molecule has 12 nitrogen and oxygen atoms in total. The average Bonchev–Trinajstić information content (AvgIpc) is 3.03. The van der Waals surface area contributed by atoms with Crippen LogP contribution in [0.5, 0.6) is 51.7 Å². The van der Waals surface area contributed by atoms with Crippen LogP contribution in [0, 0.1) is 5.92 Å². The van der Waals surface area contributed by atoms with Crippen molar-refractivity contribution in [1.29, 1.82) is 0 Å². The number of hydrogen-bond donors (Lipinski definition) is 9. The number of carbonyl (C=O) groups excluding carboxylic acids is 2. The first-order chi connectivity index (χ1) is 24.5. The van der Waals surface area contributed by atoms with Crippen LogP contribution in [-0.2, 0) is 0 Å². The van der Waals surface area contributed by atoms with E-state index >= 15 is 0 Å². The van der Waals surface area contributed by atoms with Crippen LogP contribution in [0.4, 0.5) is 0 Å². The Labute approximate surface area is 298 Å². The standard InChI is InChI=1S/C40H40O12/c1-40(2,51)11-3-4-19-12-26(23-8-5-20(41)14-28(23)44)35(38(49)25-10-7-22(43)16-30(25)46)27(13-19)36-31(47)18-34-37(39(36)50)32(48)17-33(52-34)24-9-6-21(42)15-29(24)45/h5-10,13-16,18,26-27,33,35,41-47,50-51H,3-4,11-12,17H2,1-2H3/t26-,27-,33-,35-/m1/s1. The number of rotatable bonds is 9. The van der Waals surface area contributed by atoms with Gasteiger partial charge in [-0.3, -0.25) is 9.59 Å². The van der Waals surface area contributed by atoms with Gasteiger partial charge in [-0.05, 0) is 75.4 Å². The molecule has 272 valence electrons. The van der Waals surface area contributed by atoms with Crippen LogP contribution in [0.25, 0.3) is 0 Å². The third-order valence-electron chi connectivity index (χ3n) is 9.86. The summed E-state index contributed by atoms with van der Waals surface area (Å²) in [6.45, 7) is 3.36. The van der Waals surface area contributed by atoms with Gasteiger partial charge in [-0.25, -0.2) is 0 Å². The molecule has 4 aromatic carbocycles. The number of Topliss-reactive ketones (excluding diaryl/α,β-unsaturated/α-hetero) is 2. The molecule has 0 radical (unpaired) electrons. The Bertz CT molecular complexity index is 2090. The van der Waals surface area contributed by atoms with E-state index in [1.807, 2.05) is 0 Å². The van der Waals surface area contributed by atoms with Gasteiger partial charge in [-0.1, -0.05) is 17.7 Å². The van der Waals surface area contributed by atoms with E-state index in [0.717, 1.165) is 29.8 Å². The van der Waals surface area contributed by atoms with Gasteiger partial charge in [0.05, 0.1) is 17.6 Å². The molecule has 0 saturated heterocycles. The molecule has 12 heteroatoms. The van der Waals surface area contributed by atoms with E-state index in [2.05, 4.69) is 0 Å². The normalized spacial score (nSPS) is 20.1. The summed E-state index contributed by atoms with van der Waals surface area (Å²) in [5, 5.41) is 96.0. The lowest BCUT2D eigenvalue weighted by molar-refractivity contribution is 0.0687. The van der Waals surface area contributed by atoms with Crippen molar-refractivity contribution in [1.82, 2.24) is 0 Å². The Balaban J connectivity index is 1.52. The summed E-state index contributed by atoms with van der Waals surface area (Å²) in [5.41, 5.74) is -0.367. The average molecular weight is 713 g/mol. The predicted molar refractivity (Wildman–Crippen MR) is 188 cm³/mol. The molecule has 0 unspecified atom stereocenters. The fourth-order valence-corrected chi connectivity index (χ4v) is 7.47. The fourth-order valence-electron chi connectivity index (χ4n) is 7.47. The number of aromatic hydroxyl groups is 8. The van der Waals surface area contributed by atoms with Gasteiger partial charge in [0.15, 0.2) is 11.6 Å². The van der Waals surface area contributed by atoms with Gasteiger partial charge in [0, 0.05) is 53.1 Å². The fraction of sp³-hybridized carbons (Fsp3) is 0.300. The second-order valence-electron chi connectivity index (χ2n) is 14.2. The van der Waals surface area contributed by atoms with Crippen molar-refractivity contribution in [2.75, 3.05) is 0 Å². The molecular formula is C40H40O12. The number of carbonyl (C=O) groups is 2. The van der Waals surface area contributed by atoms with E-state index < -0.39 is 58.3 Å². The van der Waals surface area contributed by atoms with E-state index in [-0.39, 0.29) is 75.2 Å². The lowest BCUT2D eigenvalue weighted by Gasteiger charge is -2.38. The summed E-state index contributed by atoms with van der Waals surface area (Å²) >= 11 is 0. The number of phenols is 8. The maximum atomic E-state index is 14.6. The Morgan fingerprint density at radius 2 is 1.37 bits per heavy atom. The Hall–Kier alpha value is -5.88. The highest BCUT2D eigenvalue weighted by atomic mass is 16.5. The van der Waals surface area contributed by atoms with Crippen LogP contribution in [-0.4, -0.2) is 63.1 Å². The maximum Gasteiger partial charge on any atom is 0.174 e. The number of fused-ring (bicyclic) bond motifs is 1. The van der Waals surface area contributed by atoms with Crippen LogP contribution in [0.3, 0.4) is 0 Å². The largest absolute Gasteiger partial charge is 0.508 e. The van der Waals surface area contributed by atoms with Crippen molar-refractivity contribution in [2.24, 2.45) is 5.92 Å². The molecule has 4 aromatic rings. The molecule has 0 saturated carbocycles. The zero-order valence-electron chi connectivity index (χ0n) is 28.4. The van der Waals surface area contributed by atoms with Crippen molar-refractivity contribution in [2.45, 2.75) is 69.5 Å². The number of phenolic OH excluding ortho intramolecular Hbond substituents is 8. The number of hydrogen-bond acceptors (Lipinski definition) is 12. The molecule has 1 aliphatic carbocycles. The molecule has 0 aromatic heterocycles. The molecule has 6 rings (SSSR count). The van der Waals surface area contributed by atoms with E-state index in [1.54, 1.807) is 19.9 Å². The first kappa shape index (κ1) is 35.9. The van der Waals surface area contributed by atoms with Crippen LogP contribution >= 0.6 is 0 Å². The Morgan fingerprint density at radius 3 is 1.96 bits per heavy atom. The van der Waals surface area contributed by atoms with Gasteiger partial charge in [-0.2, -0.15) is 0 Å². The van der Waals surface area contributed by atoms with Crippen molar-refractivity contribution < 1.29 is 60.3 Å². The molecule has 52 heavy (non-hydrogen) atoms. The number of benzene rings is 4. The lowest BCUT2D eigenvalue weighted by atomic mass is 9.64. The van der Waals surface area contributed by atoms with Crippen LogP contribution < -0.4 is 4.74 Å². The van der Waals surface area contributed by atoms with Gasteiger partial charge in [-0.15, -0.1) is 0 Å². The second-order valence-corrected chi connectivity index (χ2v) is 14.2. The highest BCUT2D eigenvalue weighted by molar-refractivity contribution is 6.04. The summed E-state index contributed by atoms with van der Waals surface area (Å²) in [6.07, 6.45) is 1.94. The molecule has 0 bridgehead atoms. The van der Waals surface area contributed by atoms with E-state index in [9.17, 15) is 55.5 Å². The summed E-state index contributed by atoms with van der Waals surface area (Å²) in [4.78, 5) is 28.3. The Kier molecular flexibility index (Phi) is 9.45. The van der Waals surface area contributed by atoms with Gasteiger partial charge >= 0.3 is 0 Å². The first-order valence-electron chi connectivity index (χ1n) is 16.8. The second kappa shape index (κ2) is 13.7. The van der Waals surface area contributed by atoms with Gasteiger partial charge in [0.1, 0.15) is 63.4 Å². The molecular weight excluding hydrogens is 672 g/mol. The SMILES string of the molecule is CC(C)(O)CCCC1=C[C@@H](c2c(O)cc3c(c2O)C(=O)C[C@H](c2ccc(O)cc2O)O3)[C@H](C(=O)c2ccc(O)cc2O)[C@@H](c2ccc(O)cc2O)C1. The summed E-state index contributed by atoms with van der Waals surface area (Å²) in [6, 6.07) is 12.4. The molecule has 4 atom stereocenters. The van der Waals surface area contributed by atoms with Crippen LogP contribution in [0.2, 0.25) is 0 Å². The summed E-state index contributed by atoms with van der Waals surface area (Å²) in [7, 11) is 0. The highest BCUT2D eigenvalue weighted by Gasteiger charge is 2.45. The maximum absolute atomic E-state index is 14.6. The van der Waals surface area contributed by atoms with Gasteiger partial charge in [0.25, 0.3) is 0 Å². The predicted octanol–water partition coefficient (Wildman–Crippen LogP) is 6.68. The van der Waals surface area contributed by atoms with E-state index in [1.165, 1.54) is 36.4 Å². The molecule has 0 fully saturated rings. The zero-order valence-corrected chi connectivity index (χ0v) is 28.4. The number of ketones is 2. The minimum absolute atomic E-state index is 0.176. The van der Waals surface area contributed by atoms with E-state index in [4.69, 9.17) is 4.74 Å². The third kappa shape index (κ3) is 7.02. The van der Waals surface area contributed by atoms with Crippen molar-refractivity contribution in [3.8, 4) is 51.7 Å². The van der Waals surface area contributed by atoms with Crippen LogP contribution in [0.15, 0.2) is 72.3 Å². The number of aliphatic hydroxyl groups is 1. The topological polar surface area (TPSA) is 225 Å². The quantitative estimate of drug-likeness (QED) is 0.0655. The summed E-state index contributed by atoms with van der Waals surface area (Å²) in [5.74, 6) is -7.75. The van der Waals surface area contributed by atoms with Crippen molar-refractivity contribution in [3.05, 3.63) is 100 Å². The third-order valence-corrected chi connectivity index (χ3v) is 9.86. The molecule has 1 heterocycles. The number of allylic oxidation sites excluding steroid dienone is 2. The number of ether oxygens (including phenoxy) is 1. The minimum atomic E-state index is -1.24. The van der Waals surface area contributed by atoms with Gasteiger partial charge in [0.2, 0.25) is 0 Å². The monoisotopic (exact) mass is 712 g/mol. The molecule has 2 aliphatic rings. The molecule has 0 amide bonds. The smallest absolute Gasteiger partial charge is 0.174 e. The highest BCUT2D eigenvalue weighted by Crippen LogP contribution is 2.56. The summed E-state index contributed by atoms with van der Waals surface area (Å²) < 4.78 is 6.01. The van der Waals surface area contributed by atoms with Crippen molar-refractivity contribution in [3.63, 3.8) is 0 Å².